The molecule has 0 spiro atoms. The first-order valence-electron chi connectivity index (χ1n) is 7.26. The number of anilines is 1. The van der Waals surface area contributed by atoms with Gasteiger partial charge in [-0.05, 0) is 48.6 Å². The van der Waals surface area contributed by atoms with Gasteiger partial charge in [0.25, 0.3) is 0 Å². The van der Waals surface area contributed by atoms with Gasteiger partial charge in [-0.2, -0.15) is 0 Å². The molecule has 0 radical (unpaired) electrons. The van der Waals surface area contributed by atoms with Gasteiger partial charge in [-0.15, -0.1) is 0 Å². The number of benzene rings is 1. The van der Waals surface area contributed by atoms with Crippen LogP contribution >= 0.6 is 11.6 Å². The fourth-order valence-corrected chi connectivity index (χ4v) is 2.92. The summed E-state index contributed by atoms with van der Waals surface area (Å²) in [4.78, 5) is 2.50. The zero-order chi connectivity index (χ0) is 13.9. The lowest BCUT2D eigenvalue weighted by Gasteiger charge is -2.24. The summed E-state index contributed by atoms with van der Waals surface area (Å²) in [6.07, 6.45) is 2.42. The molecule has 2 rings (SSSR count). The summed E-state index contributed by atoms with van der Waals surface area (Å²) in [6, 6.07) is 6.28. The van der Waals surface area contributed by atoms with Crippen LogP contribution in [0.4, 0.5) is 5.69 Å². The number of halogens is 1. The Morgan fingerprint density at radius 1 is 1.37 bits per heavy atom. The second-order valence-corrected chi connectivity index (χ2v) is 6.72. The molecule has 1 heterocycles. The third-order valence-corrected chi connectivity index (χ3v) is 4.04. The molecule has 1 aliphatic rings. The third-order valence-electron chi connectivity index (χ3n) is 3.80. The van der Waals surface area contributed by atoms with Gasteiger partial charge in [-0.1, -0.05) is 32.4 Å². The molecule has 2 nitrogen and oxygen atoms in total. The summed E-state index contributed by atoms with van der Waals surface area (Å²) < 4.78 is 0. The van der Waals surface area contributed by atoms with Gasteiger partial charge in [0.15, 0.2) is 0 Å². The second-order valence-electron chi connectivity index (χ2n) is 6.29. The molecule has 0 unspecified atom stereocenters. The molecule has 3 heteroatoms. The summed E-state index contributed by atoms with van der Waals surface area (Å²) in [5.41, 5.74) is 3.09. The molecule has 1 aliphatic heterocycles. The first-order valence-corrected chi connectivity index (χ1v) is 7.64. The van der Waals surface area contributed by atoms with E-state index in [0.717, 1.165) is 37.6 Å². The van der Waals surface area contributed by atoms with Crippen LogP contribution in [0.15, 0.2) is 18.2 Å². The standard InChI is InChI=1S/C16H25ClN2/c1-4-8-18-11-13-10-14(17)5-6-15(13)19-9-7-16(2,3)12-19/h5-6,10,18H,4,7-9,11-12H2,1-3H3. The van der Waals surface area contributed by atoms with E-state index < -0.39 is 0 Å². The molecule has 1 fully saturated rings. The van der Waals surface area contributed by atoms with Crippen molar-refractivity contribution in [3.63, 3.8) is 0 Å². The van der Waals surface area contributed by atoms with Crippen LogP contribution in [0.1, 0.15) is 39.2 Å². The molecule has 0 aliphatic carbocycles. The largest absolute Gasteiger partial charge is 0.371 e. The third kappa shape index (κ3) is 3.87. The topological polar surface area (TPSA) is 15.3 Å². The minimum absolute atomic E-state index is 0.424. The molecule has 1 N–H and O–H groups in total. The normalized spacial score (nSPS) is 18.0. The van der Waals surface area contributed by atoms with Crippen molar-refractivity contribution in [2.75, 3.05) is 24.5 Å². The van der Waals surface area contributed by atoms with Crippen molar-refractivity contribution in [1.82, 2.24) is 5.32 Å². The Morgan fingerprint density at radius 2 is 2.16 bits per heavy atom. The van der Waals surface area contributed by atoms with Crippen molar-refractivity contribution in [3.8, 4) is 0 Å². The fraction of sp³-hybridized carbons (Fsp3) is 0.625. The lowest BCUT2D eigenvalue weighted by atomic mass is 9.93. The van der Waals surface area contributed by atoms with Crippen molar-refractivity contribution in [1.29, 1.82) is 0 Å². The maximum Gasteiger partial charge on any atom is 0.0413 e. The van der Waals surface area contributed by atoms with Crippen LogP contribution in [-0.2, 0) is 6.54 Å². The zero-order valence-corrected chi connectivity index (χ0v) is 13.1. The van der Waals surface area contributed by atoms with Crippen molar-refractivity contribution in [2.24, 2.45) is 5.41 Å². The lowest BCUT2D eigenvalue weighted by molar-refractivity contribution is 0.418. The molecule has 0 bridgehead atoms. The van der Waals surface area contributed by atoms with Crippen LogP contribution in [-0.4, -0.2) is 19.6 Å². The Bertz CT molecular complexity index is 429. The van der Waals surface area contributed by atoms with Crippen molar-refractivity contribution in [3.05, 3.63) is 28.8 Å². The monoisotopic (exact) mass is 280 g/mol. The lowest BCUT2D eigenvalue weighted by Crippen LogP contribution is -2.25. The molecule has 106 valence electrons. The van der Waals surface area contributed by atoms with Gasteiger partial charge in [0.05, 0.1) is 0 Å². The van der Waals surface area contributed by atoms with Crippen LogP contribution in [0, 0.1) is 5.41 Å². The minimum Gasteiger partial charge on any atom is -0.371 e. The van der Waals surface area contributed by atoms with Gasteiger partial charge in [0.2, 0.25) is 0 Å². The molecule has 1 aromatic carbocycles. The van der Waals surface area contributed by atoms with E-state index in [2.05, 4.69) is 43.1 Å². The molecule has 0 aromatic heterocycles. The summed E-state index contributed by atoms with van der Waals surface area (Å²) in [5.74, 6) is 0. The van der Waals surface area contributed by atoms with E-state index in [0.29, 0.717) is 5.41 Å². The number of hydrogen-bond acceptors (Lipinski definition) is 2. The Kier molecular flexibility index (Phi) is 4.75. The predicted molar refractivity (Wildman–Crippen MR) is 84.1 cm³/mol. The highest BCUT2D eigenvalue weighted by Gasteiger charge is 2.30. The molecule has 1 aromatic rings. The summed E-state index contributed by atoms with van der Waals surface area (Å²) in [6.45, 7) is 11.1. The van der Waals surface area contributed by atoms with E-state index in [1.165, 1.54) is 17.7 Å². The Labute approximate surface area is 122 Å². The molecule has 0 saturated carbocycles. The fourth-order valence-electron chi connectivity index (χ4n) is 2.72. The summed E-state index contributed by atoms with van der Waals surface area (Å²) in [5, 5.41) is 4.31. The zero-order valence-electron chi connectivity index (χ0n) is 12.3. The molecular weight excluding hydrogens is 256 g/mol. The predicted octanol–water partition coefficient (Wildman–Crippen LogP) is 4.08. The Morgan fingerprint density at radius 3 is 2.79 bits per heavy atom. The summed E-state index contributed by atoms with van der Waals surface area (Å²) >= 11 is 6.15. The van der Waals surface area contributed by atoms with Gasteiger partial charge >= 0.3 is 0 Å². The summed E-state index contributed by atoms with van der Waals surface area (Å²) in [7, 11) is 0. The van der Waals surface area contributed by atoms with E-state index in [-0.39, 0.29) is 0 Å². The highest BCUT2D eigenvalue weighted by Crippen LogP contribution is 2.34. The molecular formula is C16H25ClN2. The number of hydrogen-bond donors (Lipinski definition) is 1. The average Bonchev–Trinajstić information content (AvgIpc) is 2.70. The molecule has 0 atom stereocenters. The van der Waals surface area contributed by atoms with E-state index in [1.54, 1.807) is 0 Å². The first-order chi connectivity index (χ1) is 9.02. The van der Waals surface area contributed by atoms with Crippen molar-refractivity contribution < 1.29 is 0 Å². The van der Waals surface area contributed by atoms with Crippen LogP contribution in [0.5, 0.6) is 0 Å². The first kappa shape index (κ1) is 14.7. The highest BCUT2D eigenvalue weighted by atomic mass is 35.5. The maximum absolute atomic E-state index is 6.15. The highest BCUT2D eigenvalue weighted by molar-refractivity contribution is 6.30. The number of nitrogens with zero attached hydrogens (tertiary/aromatic N) is 1. The van der Waals surface area contributed by atoms with Crippen LogP contribution in [0.25, 0.3) is 0 Å². The van der Waals surface area contributed by atoms with Gasteiger partial charge in [-0.3, -0.25) is 0 Å². The maximum atomic E-state index is 6.15. The van der Waals surface area contributed by atoms with Crippen LogP contribution < -0.4 is 10.2 Å². The van der Waals surface area contributed by atoms with Gasteiger partial charge in [0, 0.05) is 30.3 Å². The van der Waals surface area contributed by atoms with Crippen molar-refractivity contribution in [2.45, 2.75) is 40.2 Å². The minimum atomic E-state index is 0.424. The second kappa shape index (κ2) is 6.15. The smallest absolute Gasteiger partial charge is 0.0413 e. The van der Waals surface area contributed by atoms with Gasteiger partial charge < -0.3 is 10.2 Å². The van der Waals surface area contributed by atoms with Crippen LogP contribution in [0.2, 0.25) is 5.02 Å². The quantitative estimate of drug-likeness (QED) is 0.818. The average molecular weight is 281 g/mol. The number of nitrogens with one attached hydrogen (secondary N) is 1. The van der Waals surface area contributed by atoms with E-state index in [4.69, 9.17) is 11.6 Å². The molecule has 1 saturated heterocycles. The SMILES string of the molecule is CCCNCc1cc(Cl)ccc1N1CCC(C)(C)C1. The van der Waals surface area contributed by atoms with Crippen molar-refractivity contribution >= 4 is 17.3 Å². The molecule has 19 heavy (non-hydrogen) atoms. The molecule has 0 amide bonds. The van der Waals surface area contributed by atoms with Crippen LogP contribution in [0.3, 0.4) is 0 Å². The van der Waals surface area contributed by atoms with E-state index >= 15 is 0 Å². The van der Waals surface area contributed by atoms with E-state index in [1.807, 2.05) is 6.07 Å². The number of rotatable bonds is 5. The van der Waals surface area contributed by atoms with Gasteiger partial charge in [0.1, 0.15) is 0 Å². The Hall–Kier alpha value is -0.730. The Balaban J connectivity index is 2.15. The van der Waals surface area contributed by atoms with E-state index in [9.17, 15) is 0 Å². The van der Waals surface area contributed by atoms with Gasteiger partial charge in [-0.25, -0.2) is 0 Å².